The first kappa shape index (κ1) is 12.9. The second-order valence-electron chi connectivity index (χ2n) is 4.22. The molecule has 18 heavy (non-hydrogen) atoms. The molecule has 0 bridgehead atoms. The maximum atomic E-state index is 5.91. The lowest BCUT2D eigenvalue weighted by Crippen LogP contribution is -2.03. The van der Waals surface area contributed by atoms with E-state index in [1.807, 2.05) is 13.8 Å². The van der Waals surface area contributed by atoms with Gasteiger partial charge >= 0.3 is 0 Å². The lowest BCUT2D eigenvalue weighted by molar-refractivity contribution is 0.878. The topological polar surface area (TPSA) is 51.8 Å². The molecule has 0 unspecified atom stereocenters. The molecule has 0 saturated carbocycles. The zero-order valence-corrected chi connectivity index (χ0v) is 11.7. The summed E-state index contributed by atoms with van der Waals surface area (Å²) < 4.78 is 0. The Morgan fingerprint density at radius 3 is 2.39 bits per heavy atom. The first-order chi connectivity index (χ1) is 8.60. The molecular weight excluding hydrogens is 242 g/mol. The van der Waals surface area contributed by atoms with Gasteiger partial charge in [0.25, 0.3) is 0 Å². The molecule has 0 aliphatic heterocycles. The maximum Gasteiger partial charge on any atom is 0.131 e. The third kappa shape index (κ3) is 2.82. The van der Waals surface area contributed by atoms with Gasteiger partial charge in [0.1, 0.15) is 16.7 Å². The molecule has 2 N–H and O–H groups in total. The maximum absolute atomic E-state index is 5.91. The summed E-state index contributed by atoms with van der Waals surface area (Å²) in [6.45, 7) is 6.08. The molecule has 1 heterocycles. The number of nitrogens with two attached hydrogens (primary N) is 1. The van der Waals surface area contributed by atoms with Crippen LogP contribution in [0.15, 0.2) is 34.2 Å². The summed E-state index contributed by atoms with van der Waals surface area (Å²) in [5, 5.41) is 0.947. The Bertz CT molecular complexity index is 550. The minimum absolute atomic E-state index is 0.580. The lowest BCUT2D eigenvalue weighted by Gasteiger charge is -2.09. The van der Waals surface area contributed by atoms with Crippen molar-refractivity contribution in [2.75, 3.05) is 5.73 Å². The zero-order valence-electron chi connectivity index (χ0n) is 10.9. The van der Waals surface area contributed by atoms with E-state index >= 15 is 0 Å². The molecule has 4 heteroatoms. The summed E-state index contributed by atoms with van der Waals surface area (Å²) >= 11 is 1.64. The van der Waals surface area contributed by atoms with E-state index in [0.717, 1.165) is 22.8 Å². The summed E-state index contributed by atoms with van der Waals surface area (Å²) in [4.78, 5) is 9.97. The van der Waals surface area contributed by atoms with Gasteiger partial charge < -0.3 is 5.73 Å². The van der Waals surface area contributed by atoms with Crippen LogP contribution in [-0.2, 0) is 6.42 Å². The number of aryl methyl sites for hydroxylation is 2. The minimum atomic E-state index is 0.580. The zero-order chi connectivity index (χ0) is 13.1. The molecule has 0 amide bonds. The molecule has 3 nitrogen and oxygen atoms in total. The minimum Gasteiger partial charge on any atom is -0.383 e. The number of aromatic nitrogens is 2. The molecule has 2 rings (SSSR count). The smallest absolute Gasteiger partial charge is 0.131 e. The highest BCUT2D eigenvalue weighted by Crippen LogP contribution is 2.30. The van der Waals surface area contributed by atoms with Gasteiger partial charge in [-0.05, 0) is 26.0 Å². The highest BCUT2D eigenvalue weighted by molar-refractivity contribution is 7.99. The van der Waals surface area contributed by atoms with Gasteiger partial charge in [0.2, 0.25) is 0 Å². The predicted molar refractivity (Wildman–Crippen MR) is 75.9 cm³/mol. The number of nitrogens with zero attached hydrogens (tertiary/aromatic N) is 2. The van der Waals surface area contributed by atoms with E-state index in [2.05, 4.69) is 41.2 Å². The normalized spacial score (nSPS) is 10.6. The quantitative estimate of drug-likeness (QED) is 0.858. The van der Waals surface area contributed by atoms with Gasteiger partial charge in [0, 0.05) is 16.9 Å². The van der Waals surface area contributed by atoms with Gasteiger partial charge in [0.05, 0.1) is 0 Å². The SMILES string of the molecule is CCc1nc(N)c(C)c(Sc2ccc(C)cc2)n1. The molecule has 0 spiro atoms. The molecule has 0 saturated heterocycles. The first-order valence-electron chi connectivity index (χ1n) is 5.97. The van der Waals surface area contributed by atoms with E-state index in [1.54, 1.807) is 11.8 Å². The highest BCUT2D eigenvalue weighted by atomic mass is 32.2. The van der Waals surface area contributed by atoms with E-state index < -0.39 is 0 Å². The molecule has 1 aromatic heterocycles. The summed E-state index contributed by atoms with van der Waals surface area (Å²) in [5.41, 5.74) is 8.12. The van der Waals surface area contributed by atoms with Crippen molar-refractivity contribution in [3.05, 3.63) is 41.2 Å². The molecule has 0 radical (unpaired) electrons. The van der Waals surface area contributed by atoms with Gasteiger partial charge in [-0.1, -0.05) is 36.4 Å². The Morgan fingerprint density at radius 1 is 1.11 bits per heavy atom. The van der Waals surface area contributed by atoms with Crippen LogP contribution in [0.25, 0.3) is 0 Å². The second kappa shape index (κ2) is 5.40. The molecule has 0 fully saturated rings. The van der Waals surface area contributed by atoms with Crippen LogP contribution in [0.5, 0.6) is 0 Å². The van der Waals surface area contributed by atoms with Crippen molar-refractivity contribution in [1.29, 1.82) is 0 Å². The monoisotopic (exact) mass is 259 g/mol. The average molecular weight is 259 g/mol. The number of rotatable bonds is 3. The van der Waals surface area contributed by atoms with Gasteiger partial charge in [-0.15, -0.1) is 0 Å². The van der Waals surface area contributed by atoms with Crippen LogP contribution in [-0.4, -0.2) is 9.97 Å². The third-order valence-corrected chi connectivity index (χ3v) is 3.84. The van der Waals surface area contributed by atoms with Crippen molar-refractivity contribution in [3.63, 3.8) is 0 Å². The molecule has 0 aliphatic carbocycles. The van der Waals surface area contributed by atoms with Crippen LogP contribution in [0.1, 0.15) is 23.9 Å². The summed E-state index contributed by atoms with van der Waals surface area (Å²) in [5.74, 6) is 1.38. The molecule has 1 aromatic carbocycles. The van der Waals surface area contributed by atoms with Crippen LogP contribution in [0.4, 0.5) is 5.82 Å². The average Bonchev–Trinajstić information content (AvgIpc) is 2.37. The standard InChI is InChI=1S/C14H17N3S/c1-4-12-16-13(15)10(3)14(17-12)18-11-7-5-9(2)6-8-11/h5-8H,4H2,1-3H3,(H2,15,16,17). The number of benzene rings is 1. The number of hydrogen-bond donors (Lipinski definition) is 1. The molecule has 0 atom stereocenters. The fourth-order valence-corrected chi connectivity index (χ4v) is 2.44. The van der Waals surface area contributed by atoms with E-state index in [4.69, 9.17) is 5.73 Å². The van der Waals surface area contributed by atoms with Gasteiger partial charge in [0.15, 0.2) is 0 Å². The summed E-state index contributed by atoms with van der Waals surface area (Å²) in [7, 11) is 0. The first-order valence-corrected chi connectivity index (χ1v) is 6.79. The number of anilines is 1. The third-order valence-electron chi connectivity index (χ3n) is 2.74. The van der Waals surface area contributed by atoms with Crippen molar-refractivity contribution >= 4 is 17.6 Å². The van der Waals surface area contributed by atoms with Crippen molar-refractivity contribution in [2.24, 2.45) is 0 Å². The Balaban J connectivity index is 2.33. The molecule has 2 aromatic rings. The number of nitrogen functional groups attached to an aromatic ring is 1. The van der Waals surface area contributed by atoms with Crippen molar-refractivity contribution in [1.82, 2.24) is 9.97 Å². The number of hydrogen-bond acceptors (Lipinski definition) is 4. The summed E-state index contributed by atoms with van der Waals surface area (Å²) in [6.07, 6.45) is 0.798. The Hall–Kier alpha value is -1.55. The van der Waals surface area contributed by atoms with E-state index in [1.165, 1.54) is 10.5 Å². The fraction of sp³-hybridized carbons (Fsp3) is 0.286. The largest absolute Gasteiger partial charge is 0.383 e. The van der Waals surface area contributed by atoms with E-state index in [0.29, 0.717) is 5.82 Å². The molecular formula is C14H17N3S. The van der Waals surface area contributed by atoms with Crippen molar-refractivity contribution in [3.8, 4) is 0 Å². The van der Waals surface area contributed by atoms with E-state index in [-0.39, 0.29) is 0 Å². The van der Waals surface area contributed by atoms with Crippen LogP contribution >= 0.6 is 11.8 Å². The summed E-state index contributed by atoms with van der Waals surface area (Å²) in [6, 6.07) is 8.40. The molecule has 0 aliphatic rings. The van der Waals surface area contributed by atoms with Crippen LogP contribution < -0.4 is 5.73 Å². The highest BCUT2D eigenvalue weighted by Gasteiger charge is 2.09. The van der Waals surface area contributed by atoms with Crippen LogP contribution in [0, 0.1) is 13.8 Å². The van der Waals surface area contributed by atoms with Gasteiger partial charge in [-0.2, -0.15) is 0 Å². The fourth-order valence-electron chi connectivity index (χ4n) is 1.53. The van der Waals surface area contributed by atoms with Crippen molar-refractivity contribution in [2.45, 2.75) is 37.1 Å². The Morgan fingerprint density at radius 2 is 1.78 bits per heavy atom. The Labute approximate surface area is 112 Å². The Kier molecular flexibility index (Phi) is 3.87. The molecule has 94 valence electrons. The predicted octanol–water partition coefficient (Wildman–Crippen LogP) is 3.39. The second-order valence-corrected chi connectivity index (χ2v) is 5.29. The van der Waals surface area contributed by atoms with Crippen LogP contribution in [0.2, 0.25) is 0 Å². The van der Waals surface area contributed by atoms with Crippen LogP contribution in [0.3, 0.4) is 0 Å². The van der Waals surface area contributed by atoms with Crippen molar-refractivity contribution < 1.29 is 0 Å². The van der Waals surface area contributed by atoms with Gasteiger partial charge in [-0.25, -0.2) is 9.97 Å². The van der Waals surface area contributed by atoms with E-state index in [9.17, 15) is 0 Å². The van der Waals surface area contributed by atoms with Gasteiger partial charge in [-0.3, -0.25) is 0 Å². The lowest BCUT2D eigenvalue weighted by atomic mass is 10.2.